The van der Waals surface area contributed by atoms with Crippen LogP contribution in [0.1, 0.15) is 26.2 Å². The summed E-state index contributed by atoms with van der Waals surface area (Å²) in [4.78, 5) is 23.5. The van der Waals surface area contributed by atoms with Crippen LogP contribution < -0.4 is 10.6 Å². The highest BCUT2D eigenvalue weighted by atomic mass is 16.6. The molecule has 1 atom stereocenters. The van der Waals surface area contributed by atoms with Gasteiger partial charge in [-0.1, -0.05) is 19.8 Å². The highest BCUT2D eigenvalue weighted by Gasteiger charge is 2.19. The summed E-state index contributed by atoms with van der Waals surface area (Å²) < 4.78 is 0. The molecule has 0 aliphatic heterocycles. The summed E-state index contributed by atoms with van der Waals surface area (Å²) in [6.07, 6.45) is 2.54. The number of hydrogen-bond acceptors (Lipinski definition) is 4. The Morgan fingerprint density at radius 1 is 1.42 bits per heavy atom. The maximum Gasteiger partial charge on any atom is 0.269 e. The molecule has 6 nitrogen and oxygen atoms in total. The number of rotatable bonds is 6. The number of nitrogens with zero attached hydrogens (tertiary/aromatic N) is 2. The second-order valence-electron chi connectivity index (χ2n) is 4.42. The average molecular weight is 265 g/mol. The Labute approximate surface area is 112 Å². The minimum absolute atomic E-state index is 0.000111. The van der Waals surface area contributed by atoms with Gasteiger partial charge in [0, 0.05) is 24.9 Å². The van der Waals surface area contributed by atoms with Crippen molar-refractivity contribution in [1.29, 1.82) is 0 Å². The average Bonchev–Trinajstić information content (AvgIpc) is 2.43. The molecule has 0 unspecified atom stereocenters. The van der Waals surface area contributed by atoms with Gasteiger partial charge in [0.2, 0.25) is 5.91 Å². The van der Waals surface area contributed by atoms with E-state index in [0.29, 0.717) is 12.1 Å². The first-order valence-electron chi connectivity index (χ1n) is 6.25. The third-order valence-corrected chi connectivity index (χ3v) is 2.96. The summed E-state index contributed by atoms with van der Waals surface area (Å²) >= 11 is 0. The number of benzene rings is 1. The Hall–Kier alpha value is -1.95. The Morgan fingerprint density at radius 3 is 2.47 bits per heavy atom. The molecule has 0 saturated heterocycles. The van der Waals surface area contributed by atoms with E-state index in [-0.39, 0.29) is 11.6 Å². The molecule has 19 heavy (non-hydrogen) atoms. The molecule has 0 bridgehead atoms. The summed E-state index contributed by atoms with van der Waals surface area (Å²) in [7, 11) is 1.62. The van der Waals surface area contributed by atoms with Crippen molar-refractivity contribution in [3.8, 4) is 0 Å². The Morgan fingerprint density at radius 2 is 2.00 bits per heavy atom. The van der Waals surface area contributed by atoms with E-state index in [2.05, 4.69) is 0 Å². The van der Waals surface area contributed by atoms with E-state index in [1.807, 2.05) is 6.92 Å². The molecule has 0 spiro atoms. The van der Waals surface area contributed by atoms with Gasteiger partial charge >= 0.3 is 0 Å². The fourth-order valence-electron chi connectivity index (χ4n) is 1.72. The molecule has 104 valence electrons. The van der Waals surface area contributed by atoms with E-state index in [9.17, 15) is 14.9 Å². The van der Waals surface area contributed by atoms with Gasteiger partial charge in [0.15, 0.2) is 0 Å². The van der Waals surface area contributed by atoms with Crippen LogP contribution in [0.4, 0.5) is 11.4 Å². The Kier molecular flexibility index (Phi) is 5.44. The van der Waals surface area contributed by atoms with Gasteiger partial charge in [-0.3, -0.25) is 14.9 Å². The van der Waals surface area contributed by atoms with Gasteiger partial charge in [0.1, 0.15) is 0 Å². The monoisotopic (exact) mass is 265 g/mol. The number of anilines is 1. The van der Waals surface area contributed by atoms with Gasteiger partial charge in [-0.25, -0.2) is 0 Å². The number of amides is 1. The van der Waals surface area contributed by atoms with Crippen molar-refractivity contribution in [1.82, 2.24) is 0 Å². The van der Waals surface area contributed by atoms with Crippen molar-refractivity contribution < 1.29 is 9.72 Å². The molecule has 0 radical (unpaired) electrons. The van der Waals surface area contributed by atoms with Crippen molar-refractivity contribution in [2.45, 2.75) is 32.2 Å². The highest BCUT2D eigenvalue weighted by molar-refractivity contribution is 5.96. The van der Waals surface area contributed by atoms with Crippen molar-refractivity contribution in [3.05, 3.63) is 34.4 Å². The first-order chi connectivity index (χ1) is 8.97. The van der Waals surface area contributed by atoms with E-state index in [4.69, 9.17) is 5.73 Å². The first-order valence-corrected chi connectivity index (χ1v) is 6.25. The van der Waals surface area contributed by atoms with Crippen LogP contribution in [0.25, 0.3) is 0 Å². The number of nitro groups is 1. The van der Waals surface area contributed by atoms with Gasteiger partial charge in [-0.15, -0.1) is 0 Å². The molecule has 0 aliphatic rings. The minimum Gasteiger partial charge on any atom is -0.320 e. The molecule has 2 N–H and O–H groups in total. The lowest BCUT2D eigenvalue weighted by molar-refractivity contribution is -0.384. The Balaban J connectivity index is 2.73. The zero-order chi connectivity index (χ0) is 14.4. The summed E-state index contributed by atoms with van der Waals surface area (Å²) in [5.74, 6) is -0.178. The van der Waals surface area contributed by atoms with E-state index < -0.39 is 11.0 Å². The van der Waals surface area contributed by atoms with Crippen molar-refractivity contribution in [2.75, 3.05) is 11.9 Å². The fourth-order valence-corrected chi connectivity index (χ4v) is 1.72. The van der Waals surface area contributed by atoms with E-state index >= 15 is 0 Å². The normalized spacial score (nSPS) is 11.9. The maximum absolute atomic E-state index is 12.0. The zero-order valence-electron chi connectivity index (χ0n) is 11.2. The smallest absolute Gasteiger partial charge is 0.269 e. The van der Waals surface area contributed by atoms with Gasteiger partial charge in [-0.05, 0) is 18.6 Å². The molecular formula is C13H19N3O3. The van der Waals surface area contributed by atoms with E-state index in [0.717, 1.165) is 12.8 Å². The first kappa shape index (κ1) is 15.1. The molecule has 0 fully saturated rings. The molecular weight excluding hydrogens is 246 g/mol. The number of nitrogens with two attached hydrogens (primary N) is 1. The van der Waals surface area contributed by atoms with Crippen LogP contribution in [0, 0.1) is 10.1 Å². The van der Waals surface area contributed by atoms with E-state index in [1.54, 1.807) is 19.2 Å². The maximum atomic E-state index is 12.0. The number of nitro benzene ring substituents is 1. The second-order valence-corrected chi connectivity index (χ2v) is 4.42. The van der Waals surface area contributed by atoms with Gasteiger partial charge in [0.25, 0.3) is 5.69 Å². The molecule has 1 rings (SSSR count). The van der Waals surface area contributed by atoms with Crippen LogP contribution in [-0.2, 0) is 4.79 Å². The number of non-ortho nitro benzene ring substituents is 1. The third-order valence-electron chi connectivity index (χ3n) is 2.96. The lowest BCUT2D eigenvalue weighted by atomic mass is 10.1. The lowest BCUT2D eigenvalue weighted by Gasteiger charge is -2.21. The Bertz CT molecular complexity index is 445. The molecule has 0 heterocycles. The number of carbonyl (C=O) groups excluding carboxylic acids is 1. The number of carbonyl (C=O) groups is 1. The summed E-state index contributed by atoms with van der Waals surface area (Å²) in [6, 6.07) is 5.30. The van der Waals surface area contributed by atoms with Crippen LogP contribution in [0.3, 0.4) is 0 Å². The molecule has 1 amide bonds. The topological polar surface area (TPSA) is 89.5 Å². The van der Waals surface area contributed by atoms with Gasteiger partial charge in [0.05, 0.1) is 11.0 Å². The van der Waals surface area contributed by atoms with Crippen molar-refractivity contribution in [3.63, 3.8) is 0 Å². The van der Waals surface area contributed by atoms with Crippen LogP contribution in [0.2, 0.25) is 0 Å². The quantitative estimate of drug-likeness (QED) is 0.629. The molecule has 1 aromatic carbocycles. The third kappa shape index (κ3) is 4.03. The van der Waals surface area contributed by atoms with Crippen LogP contribution in [0.15, 0.2) is 24.3 Å². The zero-order valence-corrected chi connectivity index (χ0v) is 11.2. The predicted molar refractivity (Wildman–Crippen MR) is 74.0 cm³/mol. The SMILES string of the molecule is CCCC[C@H](N)C(=O)N(C)c1ccc([N+](=O)[O-])cc1. The molecule has 0 saturated carbocycles. The van der Waals surface area contributed by atoms with E-state index in [1.165, 1.54) is 17.0 Å². The van der Waals surface area contributed by atoms with Crippen LogP contribution in [0.5, 0.6) is 0 Å². The number of likely N-dealkylation sites (N-methyl/N-ethyl adjacent to an activating group) is 1. The van der Waals surface area contributed by atoms with Crippen LogP contribution >= 0.6 is 0 Å². The molecule has 6 heteroatoms. The van der Waals surface area contributed by atoms with Crippen molar-refractivity contribution in [2.24, 2.45) is 5.73 Å². The largest absolute Gasteiger partial charge is 0.320 e. The van der Waals surface area contributed by atoms with Gasteiger partial charge in [-0.2, -0.15) is 0 Å². The summed E-state index contributed by atoms with van der Waals surface area (Å²) in [6.45, 7) is 2.04. The highest BCUT2D eigenvalue weighted by Crippen LogP contribution is 2.19. The number of unbranched alkanes of at least 4 members (excludes halogenated alkanes) is 1. The minimum atomic E-state index is -0.528. The molecule has 1 aromatic rings. The molecule has 0 aliphatic carbocycles. The van der Waals surface area contributed by atoms with Crippen LogP contribution in [-0.4, -0.2) is 23.9 Å². The fraction of sp³-hybridized carbons (Fsp3) is 0.462. The predicted octanol–water partition coefficient (Wildman–Crippen LogP) is 2.08. The summed E-state index contributed by atoms with van der Waals surface area (Å²) in [5.41, 5.74) is 6.42. The lowest BCUT2D eigenvalue weighted by Crippen LogP contribution is -2.41. The molecule has 0 aromatic heterocycles. The van der Waals surface area contributed by atoms with Gasteiger partial charge < -0.3 is 10.6 Å². The number of hydrogen-bond donors (Lipinski definition) is 1. The second kappa shape index (κ2) is 6.84. The van der Waals surface area contributed by atoms with Crippen molar-refractivity contribution >= 4 is 17.3 Å². The summed E-state index contributed by atoms with van der Waals surface area (Å²) in [5, 5.41) is 10.5. The standard InChI is InChI=1S/C13H19N3O3/c1-3-4-5-12(14)13(17)15(2)10-6-8-11(9-7-10)16(18)19/h6-9,12H,3-5,14H2,1-2H3/t12-/m0/s1.